The number of benzene rings is 2. The van der Waals surface area contributed by atoms with Gasteiger partial charge in [-0.05, 0) is 6.42 Å². The molecule has 0 radical (unpaired) electrons. The molecule has 7 heteroatoms. The summed E-state index contributed by atoms with van der Waals surface area (Å²) in [6.45, 7) is 0.218. The normalized spacial score (nSPS) is 10.4. The second kappa shape index (κ2) is 6.25. The lowest BCUT2D eigenvalue weighted by Gasteiger charge is -2.08. The maximum absolute atomic E-state index is 13.0. The molecule has 110 valence electrons. The molecule has 0 spiro atoms. The van der Waals surface area contributed by atoms with Crippen molar-refractivity contribution in [2.24, 2.45) is 0 Å². The van der Waals surface area contributed by atoms with Gasteiger partial charge in [0.2, 0.25) is 0 Å². The predicted molar refractivity (Wildman–Crippen MR) is 71.6 cm³/mol. The molecule has 0 amide bonds. The first-order chi connectivity index (χ1) is 9.99. The van der Waals surface area contributed by atoms with Gasteiger partial charge in [-0.3, -0.25) is 10.1 Å². The average Bonchev–Trinajstić information content (AvgIpc) is 2.45. The molecule has 1 N–H and O–H groups in total. The molecule has 21 heavy (non-hydrogen) atoms. The number of halogens is 3. The van der Waals surface area contributed by atoms with E-state index in [1.165, 1.54) is 6.07 Å². The van der Waals surface area contributed by atoms with Crippen LogP contribution in [0.25, 0.3) is 0 Å². The summed E-state index contributed by atoms with van der Waals surface area (Å²) < 4.78 is 38.8. The second-order valence-corrected chi connectivity index (χ2v) is 4.32. The monoisotopic (exact) mass is 296 g/mol. The molecule has 0 aromatic heterocycles. The van der Waals surface area contributed by atoms with Crippen LogP contribution >= 0.6 is 0 Å². The fourth-order valence-corrected chi connectivity index (χ4v) is 1.90. The molecule has 0 atom stereocenters. The first-order valence-corrected chi connectivity index (χ1v) is 6.09. The van der Waals surface area contributed by atoms with Gasteiger partial charge in [-0.2, -0.15) is 0 Å². The smallest absolute Gasteiger partial charge is 0.272 e. The highest BCUT2D eigenvalue weighted by Crippen LogP contribution is 2.20. The van der Waals surface area contributed by atoms with Crippen molar-refractivity contribution in [2.75, 3.05) is 11.9 Å². The third-order valence-corrected chi connectivity index (χ3v) is 2.90. The van der Waals surface area contributed by atoms with Gasteiger partial charge >= 0.3 is 0 Å². The number of nitrogens with zero attached hydrogens (tertiary/aromatic N) is 1. The van der Waals surface area contributed by atoms with E-state index >= 15 is 0 Å². The van der Waals surface area contributed by atoms with Gasteiger partial charge in [0.25, 0.3) is 5.69 Å². The average molecular weight is 296 g/mol. The Hall–Kier alpha value is -2.57. The Balaban J connectivity index is 2.04. The van der Waals surface area contributed by atoms with Gasteiger partial charge in [0.05, 0.1) is 4.92 Å². The quantitative estimate of drug-likeness (QED) is 0.520. The molecule has 0 aliphatic rings. The molecule has 4 nitrogen and oxygen atoms in total. The van der Waals surface area contributed by atoms with Gasteiger partial charge in [0.1, 0.15) is 0 Å². The minimum atomic E-state index is -1.53. The molecule has 0 saturated heterocycles. The molecule has 0 saturated carbocycles. The van der Waals surface area contributed by atoms with Crippen molar-refractivity contribution < 1.29 is 18.1 Å². The number of nitro groups is 1. The Morgan fingerprint density at radius 1 is 1.10 bits per heavy atom. The predicted octanol–water partition coefficient (Wildman–Crippen LogP) is 3.67. The van der Waals surface area contributed by atoms with E-state index in [1.807, 2.05) is 0 Å². The van der Waals surface area contributed by atoms with Crippen molar-refractivity contribution in [3.8, 4) is 0 Å². The van der Waals surface area contributed by atoms with Crippen LogP contribution in [0.15, 0.2) is 36.4 Å². The van der Waals surface area contributed by atoms with E-state index < -0.39 is 22.4 Å². The van der Waals surface area contributed by atoms with Gasteiger partial charge in [-0.25, -0.2) is 13.2 Å². The summed E-state index contributed by atoms with van der Waals surface area (Å²) >= 11 is 0. The number of hydrogen-bond acceptors (Lipinski definition) is 3. The summed E-state index contributed by atoms with van der Waals surface area (Å²) in [7, 11) is 0. The van der Waals surface area contributed by atoms with Crippen LogP contribution in [0, 0.1) is 27.6 Å². The lowest BCUT2D eigenvalue weighted by Crippen LogP contribution is -2.07. The fraction of sp³-hybridized carbons (Fsp3) is 0.143. The van der Waals surface area contributed by atoms with Gasteiger partial charge in [0.15, 0.2) is 17.5 Å². The highest BCUT2D eigenvalue weighted by atomic mass is 19.2. The van der Waals surface area contributed by atoms with E-state index in [1.54, 1.807) is 18.2 Å². The maximum atomic E-state index is 13.0. The van der Waals surface area contributed by atoms with Gasteiger partial charge < -0.3 is 5.32 Å². The number of nitrogens with one attached hydrogen (secondary N) is 1. The maximum Gasteiger partial charge on any atom is 0.272 e. The summed E-state index contributed by atoms with van der Waals surface area (Å²) in [5.74, 6) is -4.11. The van der Waals surface area contributed by atoms with E-state index in [-0.39, 0.29) is 24.3 Å². The summed E-state index contributed by atoms with van der Waals surface area (Å²) in [5.41, 5.74) is 0.554. The van der Waals surface area contributed by atoms with Crippen LogP contribution in [0.4, 0.5) is 24.5 Å². The molecule has 0 unspecified atom stereocenters. The number of anilines is 1. The van der Waals surface area contributed by atoms with E-state index in [9.17, 15) is 23.3 Å². The van der Waals surface area contributed by atoms with Crippen LogP contribution in [0.5, 0.6) is 0 Å². The van der Waals surface area contributed by atoms with Gasteiger partial charge in [0, 0.05) is 36.0 Å². The number of nitro benzene ring substituents is 1. The molecule has 2 aromatic carbocycles. The largest absolute Gasteiger partial charge is 0.385 e. The molecule has 0 fully saturated rings. The number of rotatable bonds is 5. The highest BCUT2D eigenvalue weighted by molar-refractivity contribution is 5.45. The molecule has 2 rings (SSSR count). The summed E-state index contributed by atoms with van der Waals surface area (Å²) in [5, 5.41) is 13.5. The van der Waals surface area contributed by atoms with E-state index in [0.29, 0.717) is 5.56 Å². The van der Waals surface area contributed by atoms with Crippen LogP contribution in [-0.2, 0) is 6.42 Å². The van der Waals surface area contributed by atoms with Crippen LogP contribution in [-0.4, -0.2) is 11.5 Å². The van der Waals surface area contributed by atoms with Crippen molar-refractivity contribution in [1.29, 1.82) is 0 Å². The summed E-state index contributed by atoms with van der Waals surface area (Å²) in [6, 6.07) is 7.87. The Bertz CT molecular complexity index is 654. The van der Waals surface area contributed by atoms with Crippen molar-refractivity contribution in [2.45, 2.75) is 6.42 Å². The lowest BCUT2D eigenvalue weighted by molar-refractivity contribution is -0.385. The fourth-order valence-electron chi connectivity index (χ4n) is 1.90. The van der Waals surface area contributed by atoms with Crippen molar-refractivity contribution in [3.05, 3.63) is 69.5 Å². The van der Waals surface area contributed by atoms with Crippen LogP contribution in [0.3, 0.4) is 0 Å². The molecular formula is C14H11F3N2O2. The molecular weight excluding hydrogens is 285 g/mol. The zero-order valence-corrected chi connectivity index (χ0v) is 10.8. The Labute approximate surface area is 118 Å². The SMILES string of the molecule is O=[N+]([O-])c1ccccc1CCNc1cc(F)c(F)c(F)c1. The Morgan fingerprint density at radius 3 is 2.33 bits per heavy atom. The first-order valence-electron chi connectivity index (χ1n) is 6.09. The topological polar surface area (TPSA) is 55.2 Å². The van der Waals surface area contributed by atoms with Crippen molar-refractivity contribution in [3.63, 3.8) is 0 Å². The second-order valence-electron chi connectivity index (χ2n) is 4.32. The molecule has 0 bridgehead atoms. The Kier molecular flexibility index (Phi) is 4.42. The van der Waals surface area contributed by atoms with Crippen LogP contribution in [0.1, 0.15) is 5.56 Å². The van der Waals surface area contributed by atoms with E-state index in [0.717, 1.165) is 12.1 Å². The third kappa shape index (κ3) is 3.50. The molecule has 2 aromatic rings. The minimum absolute atomic E-state index is 0.0178. The lowest BCUT2D eigenvalue weighted by atomic mass is 10.1. The number of para-hydroxylation sites is 1. The van der Waals surface area contributed by atoms with E-state index in [4.69, 9.17) is 0 Å². The zero-order chi connectivity index (χ0) is 15.4. The highest BCUT2D eigenvalue weighted by Gasteiger charge is 2.13. The standard InChI is InChI=1S/C14H11F3N2O2/c15-11-7-10(8-12(16)14(11)17)18-6-5-9-3-1-2-4-13(9)19(20)21/h1-4,7-8,18H,5-6H2. The third-order valence-electron chi connectivity index (χ3n) is 2.90. The zero-order valence-electron chi connectivity index (χ0n) is 10.8. The van der Waals surface area contributed by atoms with Gasteiger partial charge in [-0.1, -0.05) is 18.2 Å². The summed E-state index contributed by atoms with van der Waals surface area (Å²) in [6.07, 6.45) is 0.289. The minimum Gasteiger partial charge on any atom is -0.385 e. The van der Waals surface area contributed by atoms with Crippen LogP contribution < -0.4 is 5.32 Å². The first kappa shape index (κ1) is 14.8. The molecule has 0 heterocycles. The molecule has 0 aliphatic carbocycles. The van der Waals surface area contributed by atoms with Gasteiger partial charge in [-0.15, -0.1) is 0 Å². The number of hydrogen-bond donors (Lipinski definition) is 1. The Morgan fingerprint density at radius 2 is 1.71 bits per heavy atom. The van der Waals surface area contributed by atoms with Crippen molar-refractivity contribution >= 4 is 11.4 Å². The molecule has 0 aliphatic heterocycles. The van der Waals surface area contributed by atoms with Crippen molar-refractivity contribution in [1.82, 2.24) is 0 Å². The summed E-state index contributed by atoms with van der Waals surface area (Å²) in [4.78, 5) is 10.3. The van der Waals surface area contributed by atoms with Crippen LogP contribution in [0.2, 0.25) is 0 Å². The van der Waals surface area contributed by atoms with E-state index in [2.05, 4.69) is 5.32 Å².